The van der Waals surface area contributed by atoms with Gasteiger partial charge in [0, 0.05) is 69.8 Å². The molecule has 388 valence electrons. The maximum absolute atomic E-state index is 4.71. The van der Waals surface area contributed by atoms with Gasteiger partial charge in [-0.1, -0.05) is 158 Å². The predicted octanol–water partition coefficient (Wildman–Crippen LogP) is 17.2. The van der Waals surface area contributed by atoms with Crippen LogP contribution in [0.2, 0.25) is 0 Å². The zero-order chi connectivity index (χ0) is 54.8. The molecule has 6 aromatic carbocycles. The van der Waals surface area contributed by atoms with Crippen molar-refractivity contribution in [1.29, 1.82) is 0 Å². The molecule has 0 amide bonds. The Labute approximate surface area is 465 Å². The van der Waals surface area contributed by atoms with E-state index in [-0.39, 0.29) is 0 Å². The van der Waals surface area contributed by atoms with E-state index in [0.717, 1.165) is 78.8 Å². The molecule has 0 bridgehead atoms. The van der Waals surface area contributed by atoms with Gasteiger partial charge in [-0.15, -0.1) is 0 Å². The maximum Gasteiger partial charge on any atom is 0.137 e. The Balaban J connectivity index is 0.000000107. The summed E-state index contributed by atoms with van der Waals surface area (Å²) in [6.45, 7) is 10.4. The Morgan fingerprint density at radius 1 is 0.325 bits per heavy atom. The molecule has 0 aliphatic rings. The normalized spacial score (nSPS) is 10.8. The van der Waals surface area contributed by atoms with E-state index >= 15 is 0 Å². The van der Waals surface area contributed by atoms with E-state index in [9.17, 15) is 0 Å². The van der Waals surface area contributed by atoms with Crippen LogP contribution < -0.4 is 0 Å². The van der Waals surface area contributed by atoms with E-state index in [1.807, 2.05) is 133 Å². The second-order valence-electron chi connectivity index (χ2n) is 19.6. The standard InChI is InChI=1S/C18H14N2.C17H14N2.C14H12N2.C14H11N.C8H8N2/c1-13-5-4-8-18-19-17(12-20(13)18)16-10-9-14-6-2-3-7-15(14)11-16;1-13-11-16(14-7-3-2-4-8-14)19-17(12-13)15-9-5-6-10-18-15;1-11-6-5-9-14-15-13(10-16(11)14)12-7-3-2-4-8-12;1-10-11-6-2-4-8-13(11)15-14-9-5-3-7-12(10)14;1-7-6-10-5-3-2-4-8(10)9-7/h2-12H,1H3;2-12H,1H3;2-10H,1H3;2-9H,1H3;2-6H,1H3. The first-order valence-corrected chi connectivity index (χ1v) is 26.7. The van der Waals surface area contributed by atoms with Crippen LogP contribution in [0, 0.1) is 34.6 Å². The summed E-state index contributed by atoms with van der Waals surface area (Å²) in [7, 11) is 0. The lowest BCUT2D eigenvalue weighted by Crippen LogP contribution is -1.91. The number of hydrogen-bond acceptors (Lipinski definition) is 6. The highest BCUT2D eigenvalue weighted by atomic mass is 15.0. The number of fused-ring (bicyclic) bond motifs is 6. The molecule has 15 rings (SSSR count). The van der Waals surface area contributed by atoms with Crippen LogP contribution in [0.4, 0.5) is 0 Å². The van der Waals surface area contributed by atoms with Gasteiger partial charge in [-0.05, 0) is 135 Å². The molecule has 0 saturated heterocycles. The van der Waals surface area contributed by atoms with E-state index in [1.165, 1.54) is 44.1 Å². The van der Waals surface area contributed by atoms with Gasteiger partial charge in [-0.2, -0.15) is 0 Å². The third-order valence-corrected chi connectivity index (χ3v) is 13.8. The number of imidazole rings is 3. The smallest absolute Gasteiger partial charge is 0.137 e. The van der Waals surface area contributed by atoms with Crippen molar-refractivity contribution in [2.45, 2.75) is 34.6 Å². The van der Waals surface area contributed by atoms with Crippen molar-refractivity contribution in [3.8, 4) is 45.2 Å². The Morgan fingerprint density at radius 3 is 1.48 bits per heavy atom. The van der Waals surface area contributed by atoms with Gasteiger partial charge in [0.25, 0.3) is 0 Å². The summed E-state index contributed by atoms with van der Waals surface area (Å²) in [4.78, 5) is 27.3. The van der Waals surface area contributed by atoms with Crippen LogP contribution in [0.1, 0.15) is 28.2 Å². The van der Waals surface area contributed by atoms with Crippen molar-refractivity contribution in [2.75, 3.05) is 0 Å². The molecular weight excluding hydrogens is 979 g/mol. The monoisotopic (exact) mass is 1040 g/mol. The lowest BCUT2D eigenvalue weighted by Gasteiger charge is -2.06. The molecule has 80 heavy (non-hydrogen) atoms. The minimum Gasteiger partial charge on any atom is -0.307 e. The van der Waals surface area contributed by atoms with Crippen LogP contribution in [0.15, 0.2) is 268 Å². The van der Waals surface area contributed by atoms with Crippen LogP contribution in [-0.4, -0.2) is 43.1 Å². The number of para-hydroxylation sites is 2. The van der Waals surface area contributed by atoms with E-state index in [0.29, 0.717) is 0 Å². The van der Waals surface area contributed by atoms with Gasteiger partial charge in [-0.25, -0.2) is 24.9 Å². The fourth-order valence-electron chi connectivity index (χ4n) is 9.71. The molecule has 0 N–H and O–H groups in total. The first-order chi connectivity index (χ1) is 39.2. The molecule has 9 aromatic heterocycles. The topological polar surface area (TPSA) is 90.6 Å². The first kappa shape index (κ1) is 51.7. The lowest BCUT2D eigenvalue weighted by atomic mass is 10.0. The zero-order valence-electron chi connectivity index (χ0n) is 45.4. The van der Waals surface area contributed by atoms with Crippen LogP contribution >= 0.6 is 0 Å². The van der Waals surface area contributed by atoms with E-state index in [2.05, 4.69) is 196 Å². The number of aryl methyl sites for hydroxylation is 5. The minimum absolute atomic E-state index is 0.906. The number of rotatable bonds is 4. The van der Waals surface area contributed by atoms with Gasteiger partial charge in [0.15, 0.2) is 0 Å². The maximum atomic E-state index is 4.71. The number of benzene rings is 6. The molecule has 0 aliphatic carbocycles. The second kappa shape index (κ2) is 23.9. The molecule has 9 heteroatoms. The summed E-state index contributed by atoms with van der Waals surface area (Å²) in [6.07, 6.45) is 9.99. The van der Waals surface area contributed by atoms with Crippen LogP contribution in [0.5, 0.6) is 0 Å². The van der Waals surface area contributed by atoms with E-state index < -0.39 is 0 Å². The molecule has 0 spiro atoms. The molecule has 0 radical (unpaired) electrons. The van der Waals surface area contributed by atoms with E-state index in [1.54, 1.807) is 6.20 Å². The minimum atomic E-state index is 0.906. The zero-order valence-corrected chi connectivity index (χ0v) is 45.4. The Kier molecular flexibility index (Phi) is 15.4. The number of aromatic nitrogens is 9. The van der Waals surface area contributed by atoms with Gasteiger partial charge in [0.2, 0.25) is 0 Å². The third kappa shape index (κ3) is 11.9. The number of hydrogen-bond donors (Lipinski definition) is 0. The van der Waals surface area contributed by atoms with Gasteiger partial charge in [-0.3, -0.25) is 4.98 Å². The molecule has 9 nitrogen and oxygen atoms in total. The third-order valence-electron chi connectivity index (χ3n) is 13.8. The number of nitrogens with zero attached hydrogens (tertiary/aromatic N) is 9. The molecule has 0 aliphatic heterocycles. The van der Waals surface area contributed by atoms with Gasteiger partial charge < -0.3 is 13.2 Å². The molecular formula is C71H59N9. The molecule has 9 heterocycles. The molecule has 0 atom stereocenters. The molecule has 0 saturated carbocycles. The summed E-state index contributed by atoms with van der Waals surface area (Å²) >= 11 is 0. The second-order valence-corrected chi connectivity index (χ2v) is 19.6. The van der Waals surface area contributed by atoms with Crippen molar-refractivity contribution < 1.29 is 0 Å². The predicted molar refractivity (Wildman–Crippen MR) is 330 cm³/mol. The van der Waals surface area contributed by atoms with Crippen molar-refractivity contribution in [3.63, 3.8) is 0 Å². The van der Waals surface area contributed by atoms with Crippen LogP contribution in [0.25, 0.3) is 94.7 Å². The summed E-state index contributed by atoms with van der Waals surface area (Å²) in [5.41, 5.74) is 19.4. The van der Waals surface area contributed by atoms with Crippen molar-refractivity contribution >= 4 is 49.5 Å². The Bertz CT molecular complexity index is 4400. The quantitative estimate of drug-likeness (QED) is 0.163. The lowest BCUT2D eigenvalue weighted by molar-refractivity contribution is 1.09. The van der Waals surface area contributed by atoms with Crippen molar-refractivity contribution in [1.82, 2.24) is 43.1 Å². The SMILES string of the molecule is Cc1c2ccccc2nc2ccccc12.Cc1cc(-c2ccccc2)nc(-c2ccccn2)c1.Cc1cccc2nc(-c3ccc4ccccc4c3)cn12.Cc1cccc2nc(-c3ccccc3)cn12.Cc1cn2ccccc2n1. The number of pyridine rings is 6. The average Bonchev–Trinajstić information content (AvgIpc) is 4.30. The summed E-state index contributed by atoms with van der Waals surface area (Å²) in [6, 6.07) is 80.3. The van der Waals surface area contributed by atoms with Crippen molar-refractivity contribution in [3.05, 3.63) is 296 Å². The van der Waals surface area contributed by atoms with Crippen LogP contribution in [0.3, 0.4) is 0 Å². The average molecular weight is 1040 g/mol. The first-order valence-electron chi connectivity index (χ1n) is 26.7. The summed E-state index contributed by atoms with van der Waals surface area (Å²) in [5.74, 6) is 0. The highest BCUT2D eigenvalue weighted by molar-refractivity contribution is 5.97. The molecule has 0 fully saturated rings. The molecule has 0 unspecified atom stereocenters. The largest absolute Gasteiger partial charge is 0.307 e. The summed E-state index contributed by atoms with van der Waals surface area (Å²) in [5, 5.41) is 5.00. The van der Waals surface area contributed by atoms with Crippen LogP contribution in [-0.2, 0) is 0 Å². The highest BCUT2D eigenvalue weighted by Gasteiger charge is 2.09. The van der Waals surface area contributed by atoms with E-state index in [4.69, 9.17) is 9.97 Å². The van der Waals surface area contributed by atoms with Gasteiger partial charge >= 0.3 is 0 Å². The Hall–Kier alpha value is -10.4. The van der Waals surface area contributed by atoms with Crippen molar-refractivity contribution in [2.24, 2.45) is 0 Å². The highest BCUT2D eigenvalue weighted by Crippen LogP contribution is 2.27. The Morgan fingerprint density at radius 2 is 0.863 bits per heavy atom. The fraction of sp³-hybridized carbons (Fsp3) is 0.0704. The fourth-order valence-corrected chi connectivity index (χ4v) is 9.71. The molecule has 15 aromatic rings. The van der Waals surface area contributed by atoms with Gasteiger partial charge in [0.05, 0.1) is 45.2 Å². The summed E-state index contributed by atoms with van der Waals surface area (Å²) < 4.78 is 6.25. The van der Waals surface area contributed by atoms with Gasteiger partial charge in [0.1, 0.15) is 16.9 Å².